The van der Waals surface area contributed by atoms with E-state index in [0.717, 1.165) is 23.0 Å². The molecule has 0 unspecified atom stereocenters. The van der Waals surface area contributed by atoms with Crippen LogP contribution in [0, 0.1) is 0 Å². The molecule has 0 saturated heterocycles. The van der Waals surface area contributed by atoms with Crippen LogP contribution in [-0.2, 0) is 6.73 Å². The van der Waals surface area contributed by atoms with Crippen LogP contribution in [0.5, 0.6) is 11.8 Å². The fourth-order valence-electron chi connectivity index (χ4n) is 3.19. The van der Waals surface area contributed by atoms with E-state index in [4.69, 9.17) is 5.11 Å². The van der Waals surface area contributed by atoms with Gasteiger partial charge in [-0.1, -0.05) is 77.2 Å². The van der Waals surface area contributed by atoms with Crippen molar-refractivity contribution in [2.24, 2.45) is 0 Å². The maximum Gasteiger partial charge on any atom is 0.203 e. The molecule has 0 radical (unpaired) electrons. The van der Waals surface area contributed by atoms with E-state index in [0.29, 0.717) is 5.56 Å². The number of aromatic hydroxyl groups is 2. The van der Waals surface area contributed by atoms with Gasteiger partial charge in [0.1, 0.15) is 6.73 Å². The fraction of sp³-hybridized carbons (Fsp3) is 0.714. The van der Waals surface area contributed by atoms with E-state index in [2.05, 4.69) is 13.0 Å². The van der Waals surface area contributed by atoms with Crippen LogP contribution < -0.4 is 0 Å². The Hall–Kier alpha value is -1.42. The summed E-state index contributed by atoms with van der Waals surface area (Å²) in [7, 11) is 0. The summed E-state index contributed by atoms with van der Waals surface area (Å²) < 4.78 is 1.08. The molecular formula is C21H37NO3. The zero-order valence-corrected chi connectivity index (χ0v) is 16.1. The van der Waals surface area contributed by atoms with Gasteiger partial charge in [0.15, 0.2) is 5.88 Å². The van der Waals surface area contributed by atoms with E-state index in [9.17, 15) is 10.2 Å². The van der Waals surface area contributed by atoms with E-state index in [-0.39, 0.29) is 11.8 Å². The molecule has 0 saturated carbocycles. The molecule has 1 aromatic rings. The lowest BCUT2D eigenvalue weighted by Gasteiger charge is -2.04. The molecule has 144 valence electrons. The number of aliphatic hydroxyl groups excluding tert-OH is 1. The number of hydrogen-bond acceptors (Lipinski definition) is 3. The van der Waals surface area contributed by atoms with Crippen LogP contribution in [0.15, 0.2) is 12.1 Å². The minimum Gasteiger partial charge on any atom is -0.494 e. The Kier molecular flexibility index (Phi) is 11.1. The van der Waals surface area contributed by atoms with Gasteiger partial charge in [0.25, 0.3) is 0 Å². The Morgan fingerprint density at radius 2 is 1.44 bits per heavy atom. The average Bonchev–Trinajstić information content (AvgIpc) is 2.89. The molecule has 0 atom stereocenters. The van der Waals surface area contributed by atoms with Crippen molar-refractivity contribution in [3.63, 3.8) is 0 Å². The molecule has 0 fully saturated rings. The first-order valence-corrected chi connectivity index (χ1v) is 10.0. The van der Waals surface area contributed by atoms with Gasteiger partial charge in [-0.2, -0.15) is 0 Å². The van der Waals surface area contributed by atoms with Gasteiger partial charge in [0.2, 0.25) is 5.88 Å². The number of aromatic nitrogens is 1. The lowest BCUT2D eigenvalue weighted by atomic mass is 10.0. The van der Waals surface area contributed by atoms with Crippen molar-refractivity contribution in [2.45, 2.75) is 97.6 Å². The molecule has 0 spiro atoms. The van der Waals surface area contributed by atoms with Gasteiger partial charge in [-0.05, 0) is 25.3 Å². The molecule has 25 heavy (non-hydrogen) atoms. The van der Waals surface area contributed by atoms with Crippen molar-refractivity contribution >= 4 is 5.57 Å². The van der Waals surface area contributed by atoms with Crippen LogP contribution >= 0.6 is 0 Å². The maximum atomic E-state index is 9.97. The number of aliphatic hydroxyl groups is 1. The quantitative estimate of drug-likeness (QED) is 0.363. The number of hydrogen-bond donors (Lipinski definition) is 3. The van der Waals surface area contributed by atoms with Crippen LogP contribution in [0.3, 0.4) is 0 Å². The number of nitrogens with zero attached hydrogens (tertiary/aromatic N) is 1. The van der Waals surface area contributed by atoms with Crippen molar-refractivity contribution < 1.29 is 15.3 Å². The predicted octanol–water partition coefficient (Wildman–Crippen LogP) is 5.95. The molecule has 3 N–H and O–H groups in total. The molecule has 1 aromatic heterocycles. The molecule has 0 amide bonds. The van der Waals surface area contributed by atoms with E-state index in [1.54, 1.807) is 0 Å². The summed E-state index contributed by atoms with van der Waals surface area (Å²) in [6.07, 6.45) is 17.8. The monoisotopic (exact) mass is 351 g/mol. The normalized spacial score (nSPS) is 12.0. The lowest BCUT2D eigenvalue weighted by molar-refractivity contribution is 0.183. The Morgan fingerprint density at radius 3 is 1.92 bits per heavy atom. The highest BCUT2D eigenvalue weighted by Gasteiger charge is 2.13. The van der Waals surface area contributed by atoms with Crippen LogP contribution in [-0.4, -0.2) is 19.9 Å². The third-order valence-corrected chi connectivity index (χ3v) is 4.87. The first-order valence-electron chi connectivity index (χ1n) is 10.0. The Balaban J connectivity index is 2.11. The molecule has 0 bridgehead atoms. The van der Waals surface area contributed by atoms with Crippen LogP contribution in [0.25, 0.3) is 5.57 Å². The smallest absolute Gasteiger partial charge is 0.203 e. The molecule has 4 nitrogen and oxygen atoms in total. The number of rotatable bonds is 14. The highest BCUT2D eigenvalue weighted by atomic mass is 16.3. The molecule has 1 heterocycles. The van der Waals surface area contributed by atoms with Gasteiger partial charge < -0.3 is 15.3 Å². The van der Waals surface area contributed by atoms with Gasteiger partial charge >= 0.3 is 0 Å². The van der Waals surface area contributed by atoms with Crippen molar-refractivity contribution in [3.05, 3.63) is 17.7 Å². The summed E-state index contributed by atoms with van der Waals surface area (Å²) in [6.45, 7) is 3.76. The van der Waals surface area contributed by atoms with Crippen LogP contribution in [0.1, 0.15) is 96.5 Å². The maximum absolute atomic E-state index is 9.97. The van der Waals surface area contributed by atoms with Crippen molar-refractivity contribution in [1.82, 2.24) is 4.57 Å². The third-order valence-electron chi connectivity index (χ3n) is 4.87. The first kappa shape index (κ1) is 21.6. The Labute approximate surface area is 153 Å². The third kappa shape index (κ3) is 8.00. The molecule has 1 rings (SSSR count). The summed E-state index contributed by atoms with van der Waals surface area (Å²) in [5, 5.41) is 28.7. The summed E-state index contributed by atoms with van der Waals surface area (Å²) in [6, 6.07) is 1.50. The highest BCUT2D eigenvalue weighted by molar-refractivity contribution is 5.69. The average molecular weight is 352 g/mol. The van der Waals surface area contributed by atoms with Crippen molar-refractivity contribution in [1.29, 1.82) is 0 Å². The summed E-state index contributed by atoms with van der Waals surface area (Å²) in [5.41, 5.74) is 1.53. The van der Waals surface area contributed by atoms with E-state index in [1.807, 2.05) is 6.92 Å². The first-order chi connectivity index (χ1) is 12.1. The fourth-order valence-corrected chi connectivity index (χ4v) is 3.19. The molecule has 4 heteroatoms. The molecule has 0 aromatic carbocycles. The van der Waals surface area contributed by atoms with Crippen LogP contribution in [0.4, 0.5) is 0 Å². The SMILES string of the molecule is CCCCCCCCCCCCCC=C(C)c1cc(O)n(CO)c1O. The Morgan fingerprint density at radius 1 is 0.920 bits per heavy atom. The van der Waals surface area contributed by atoms with E-state index >= 15 is 0 Å². The van der Waals surface area contributed by atoms with Gasteiger partial charge in [-0.25, -0.2) is 0 Å². The summed E-state index contributed by atoms with van der Waals surface area (Å²) in [5.74, 6) is -0.190. The van der Waals surface area contributed by atoms with Crippen LogP contribution in [0.2, 0.25) is 0 Å². The van der Waals surface area contributed by atoms with Crippen molar-refractivity contribution in [2.75, 3.05) is 0 Å². The van der Waals surface area contributed by atoms with Gasteiger partial charge in [-0.15, -0.1) is 0 Å². The Bertz CT molecular complexity index is 505. The van der Waals surface area contributed by atoms with E-state index < -0.39 is 6.73 Å². The standard InChI is InChI=1S/C21H37NO3/c1-3-4-5-6-7-8-9-10-11-12-13-14-15-18(2)19-16-20(24)22(17-23)21(19)25/h15-16,23-25H,3-14,17H2,1-2H3. The van der Waals surface area contributed by atoms with Crippen molar-refractivity contribution in [3.8, 4) is 11.8 Å². The van der Waals surface area contributed by atoms with E-state index in [1.165, 1.54) is 70.3 Å². The highest BCUT2D eigenvalue weighted by Crippen LogP contribution is 2.32. The molecular weight excluding hydrogens is 314 g/mol. The molecule has 0 aliphatic heterocycles. The summed E-state index contributed by atoms with van der Waals surface area (Å²) in [4.78, 5) is 0. The topological polar surface area (TPSA) is 65.6 Å². The second-order valence-electron chi connectivity index (χ2n) is 7.02. The minimum absolute atomic E-state index is 0.0762. The van der Waals surface area contributed by atoms with Gasteiger partial charge in [0.05, 0.1) is 0 Å². The minimum atomic E-state index is -0.427. The zero-order chi connectivity index (χ0) is 18.5. The molecule has 0 aliphatic carbocycles. The predicted molar refractivity (Wildman–Crippen MR) is 105 cm³/mol. The number of allylic oxidation sites excluding steroid dienone is 2. The summed E-state index contributed by atoms with van der Waals surface area (Å²) >= 11 is 0. The van der Waals surface area contributed by atoms with Gasteiger partial charge in [-0.3, -0.25) is 4.57 Å². The lowest BCUT2D eigenvalue weighted by Crippen LogP contribution is -1.94. The molecule has 0 aliphatic rings. The second kappa shape index (κ2) is 12.9. The van der Waals surface area contributed by atoms with Gasteiger partial charge in [0, 0.05) is 11.6 Å². The zero-order valence-electron chi connectivity index (χ0n) is 16.1. The number of unbranched alkanes of at least 4 members (excludes halogenated alkanes) is 11. The second-order valence-corrected chi connectivity index (χ2v) is 7.02. The largest absolute Gasteiger partial charge is 0.494 e.